The number of ether oxygens (including phenoxy) is 1. The highest BCUT2D eigenvalue weighted by atomic mass is 16.5. The van der Waals surface area contributed by atoms with Gasteiger partial charge in [0.25, 0.3) is 0 Å². The van der Waals surface area contributed by atoms with Crippen molar-refractivity contribution in [2.75, 3.05) is 20.2 Å². The molecule has 0 radical (unpaired) electrons. The molecule has 1 aliphatic rings. The van der Waals surface area contributed by atoms with Gasteiger partial charge in [-0.15, -0.1) is 0 Å². The molecule has 0 heterocycles. The molecule has 0 saturated heterocycles. The first kappa shape index (κ1) is 25.0. The Labute approximate surface area is 209 Å². The molecule has 4 rings (SSSR count). The molecule has 0 fully saturated rings. The normalized spacial score (nSPS) is 15.9. The lowest BCUT2D eigenvalue weighted by Gasteiger charge is -2.42. The number of aromatic carboxylic acids is 1. The number of carboxylic acid groups (broad SMARTS) is 1. The van der Waals surface area contributed by atoms with Gasteiger partial charge in [0.05, 0.1) is 12.2 Å². The lowest BCUT2D eigenvalue weighted by atomic mass is 9.63. The summed E-state index contributed by atoms with van der Waals surface area (Å²) < 4.78 is 6.25. The average Bonchev–Trinajstić information content (AvgIpc) is 2.85. The Morgan fingerprint density at radius 1 is 0.857 bits per heavy atom. The molecule has 0 bridgehead atoms. The third kappa shape index (κ3) is 5.28. The van der Waals surface area contributed by atoms with Gasteiger partial charge in [0.2, 0.25) is 0 Å². The lowest BCUT2D eigenvalue weighted by Crippen LogP contribution is -2.33. The molecule has 0 aliphatic heterocycles. The fourth-order valence-electron chi connectivity index (χ4n) is 5.05. The highest BCUT2D eigenvalue weighted by Gasteiger charge is 2.37. The molecule has 0 unspecified atom stereocenters. The van der Waals surface area contributed by atoms with Crippen molar-refractivity contribution in [3.63, 3.8) is 0 Å². The highest BCUT2D eigenvalue weighted by Crippen LogP contribution is 2.47. The monoisotopic (exact) mass is 471 g/mol. The van der Waals surface area contributed by atoms with Gasteiger partial charge in [-0.05, 0) is 95.8 Å². The summed E-state index contributed by atoms with van der Waals surface area (Å²) in [7, 11) is 1.95. The topological polar surface area (TPSA) is 58.6 Å². The van der Waals surface area contributed by atoms with Crippen LogP contribution in [0.2, 0.25) is 0 Å². The van der Waals surface area contributed by atoms with Crippen LogP contribution in [0.5, 0.6) is 5.75 Å². The maximum Gasteiger partial charge on any atom is 0.335 e. The van der Waals surface area contributed by atoms with Crippen LogP contribution in [0.15, 0.2) is 60.7 Å². The second-order valence-corrected chi connectivity index (χ2v) is 10.9. The number of hydrogen-bond acceptors (Lipinski definition) is 3. The number of nitrogens with one attached hydrogen (secondary N) is 1. The van der Waals surface area contributed by atoms with Crippen LogP contribution >= 0.6 is 0 Å². The van der Waals surface area contributed by atoms with Gasteiger partial charge < -0.3 is 15.2 Å². The van der Waals surface area contributed by atoms with Crippen LogP contribution in [0.25, 0.3) is 22.3 Å². The SMILES string of the molecule is CNCCCOc1ccc(-c2ccc(C(=O)O)cc2)cc1-c1ccc2c(c1)C(C)(C)CCC2(C)C. The van der Waals surface area contributed by atoms with Gasteiger partial charge in [-0.1, -0.05) is 64.1 Å². The Balaban J connectivity index is 1.79. The Kier molecular flexibility index (Phi) is 7.05. The predicted octanol–water partition coefficient (Wildman–Crippen LogP) is 7.06. The van der Waals surface area contributed by atoms with Crippen molar-refractivity contribution >= 4 is 5.97 Å². The number of hydrogen-bond donors (Lipinski definition) is 2. The van der Waals surface area contributed by atoms with E-state index in [-0.39, 0.29) is 16.4 Å². The maximum atomic E-state index is 11.3. The number of rotatable bonds is 8. The summed E-state index contributed by atoms with van der Waals surface area (Å²) in [6.45, 7) is 10.9. The minimum absolute atomic E-state index is 0.124. The fourth-order valence-corrected chi connectivity index (χ4v) is 5.05. The van der Waals surface area contributed by atoms with Gasteiger partial charge in [0, 0.05) is 5.56 Å². The molecule has 1 aliphatic carbocycles. The third-order valence-electron chi connectivity index (χ3n) is 7.44. The zero-order valence-corrected chi connectivity index (χ0v) is 21.6. The summed E-state index contributed by atoms with van der Waals surface area (Å²) in [6, 6.07) is 20.2. The standard InChI is InChI=1S/C31H37NO3/c1-30(2)15-16-31(3,4)27-20-24(11-13-26(27)30)25-19-23(12-14-28(25)35-18-6-17-32-5)21-7-9-22(10-8-21)29(33)34/h7-14,19-20,32H,6,15-18H2,1-5H3,(H,33,34). The average molecular weight is 472 g/mol. The molecule has 0 aromatic heterocycles. The van der Waals surface area contributed by atoms with Gasteiger partial charge in [-0.3, -0.25) is 0 Å². The molecule has 3 aromatic rings. The number of carboxylic acids is 1. The quantitative estimate of drug-likeness (QED) is 0.345. The Morgan fingerprint density at radius 3 is 2.14 bits per heavy atom. The van der Waals surface area contributed by atoms with Gasteiger partial charge in [-0.25, -0.2) is 4.79 Å². The van der Waals surface area contributed by atoms with E-state index >= 15 is 0 Å². The number of fused-ring (bicyclic) bond motifs is 1. The van der Waals surface area contributed by atoms with E-state index < -0.39 is 5.97 Å². The van der Waals surface area contributed by atoms with E-state index in [1.165, 1.54) is 24.0 Å². The van der Waals surface area contributed by atoms with E-state index in [2.05, 4.69) is 63.3 Å². The first-order valence-electron chi connectivity index (χ1n) is 12.5. The van der Waals surface area contributed by atoms with Crippen LogP contribution in [0, 0.1) is 0 Å². The van der Waals surface area contributed by atoms with Crippen molar-refractivity contribution in [3.05, 3.63) is 77.4 Å². The van der Waals surface area contributed by atoms with E-state index in [1.807, 2.05) is 25.2 Å². The van der Waals surface area contributed by atoms with Crippen molar-refractivity contribution in [2.45, 2.75) is 57.8 Å². The minimum Gasteiger partial charge on any atom is -0.493 e. The lowest BCUT2D eigenvalue weighted by molar-refractivity contribution is 0.0697. The zero-order chi connectivity index (χ0) is 25.2. The molecule has 0 amide bonds. The van der Waals surface area contributed by atoms with E-state index in [1.54, 1.807) is 12.1 Å². The molecule has 2 N–H and O–H groups in total. The Morgan fingerprint density at radius 2 is 1.49 bits per heavy atom. The van der Waals surface area contributed by atoms with Crippen molar-refractivity contribution in [1.29, 1.82) is 0 Å². The maximum absolute atomic E-state index is 11.3. The summed E-state index contributed by atoms with van der Waals surface area (Å²) in [5.41, 5.74) is 7.69. The van der Waals surface area contributed by atoms with Gasteiger partial charge >= 0.3 is 5.97 Å². The first-order chi connectivity index (χ1) is 16.6. The second kappa shape index (κ2) is 9.87. The molecule has 4 nitrogen and oxygen atoms in total. The second-order valence-electron chi connectivity index (χ2n) is 10.9. The zero-order valence-electron chi connectivity index (χ0n) is 21.6. The van der Waals surface area contributed by atoms with Crippen molar-refractivity contribution < 1.29 is 14.6 Å². The molecule has 0 saturated carbocycles. The van der Waals surface area contributed by atoms with Gasteiger partial charge in [0.15, 0.2) is 0 Å². The van der Waals surface area contributed by atoms with E-state index in [4.69, 9.17) is 4.74 Å². The molecular formula is C31H37NO3. The smallest absolute Gasteiger partial charge is 0.335 e. The fraction of sp³-hybridized carbons (Fsp3) is 0.387. The summed E-state index contributed by atoms with van der Waals surface area (Å²) in [5, 5.41) is 12.4. The molecule has 4 heteroatoms. The minimum atomic E-state index is -0.915. The first-order valence-corrected chi connectivity index (χ1v) is 12.5. The molecule has 3 aromatic carbocycles. The Bertz CT molecular complexity index is 1210. The van der Waals surface area contributed by atoms with Crippen molar-refractivity contribution in [1.82, 2.24) is 5.32 Å². The van der Waals surface area contributed by atoms with E-state index in [9.17, 15) is 9.90 Å². The van der Waals surface area contributed by atoms with Crippen LogP contribution in [-0.4, -0.2) is 31.3 Å². The summed E-state index contributed by atoms with van der Waals surface area (Å²) in [4.78, 5) is 11.3. The summed E-state index contributed by atoms with van der Waals surface area (Å²) >= 11 is 0. The van der Waals surface area contributed by atoms with Crippen LogP contribution in [0.4, 0.5) is 0 Å². The van der Waals surface area contributed by atoms with Crippen molar-refractivity contribution in [3.8, 4) is 28.0 Å². The molecular weight excluding hydrogens is 434 g/mol. The molecule has 0 spiro atoms. The van der Waals surface area contributed by atoms with Crippen molar-refractivity contribution in [2.24, 2.45) is 0 Å². The molecule has 0 atom stereocenters. The van der Waals surface area contributed by atoms with Crippen LogP contribution in [-0.2, 0) is 10.8 Å². The molecule has 184 valence electrons. The van der Waals surface area contributed by atoms with Crippen LogP contribution in [0.3, 0.4) is 0 Å². The summed E-state index contributed by atoms with van der Waals surface area (Å²) in [6.07, 6.45) is 3.29. The molecule has 35 heavy (non-hydrogen) atoms. The van der Waals surface area contributed by atoms with Crippen LogP contribution in [0.1, 0.15) is 68.4 Å². The largest absolute Gasteiger partial charge is 0.493 e. The number of benzene rings is 3. The van der Waals surface area contributed by atoms with E-state index in [0.717, 1.165) is 41.0 Å². The highest BCUT2D eigenvalue weighted by molar-refractivity contribution is 5.88. The van der Waals surface area contributed by atoms with Gasteiger partial charge in [-0.2, -0.15) is 0 Å². The van der Waals surface area contributed by atoms with Crippen LogP contribution < -0.4 is 10.1 Å². The Hall–Kier alpha value is -3.11. The third-order valence-corrected chi connectivity index (χ3v) is 7.44. The predicted molar refractivity (Wildman–Crippen MR) is 144 cm³/mol. The summed E-state index contributed by atoms with van der Waals surface area (Å²) in [5.74, 6) is -0.0398. The number of carbonyl (C=O) groups is 1. The van der Waals surface area contributed by atoms with Gasteiger partial charge in [0.1, 0.15) is 5.75 Å². The van der Waals surface area contributed by atoms with E-state index in [0.29, 0.717) is 6.61 Å².